The Morgan fingerprint density at radius 3 is 2.69 bits per heavy atom. The van der Waals surface area contributed by atoms with Crippen molar-refractivity contribution in [2.24, 2.45) is 5.92 Å². The SMILES string of the molecule is COc1cc(C(=O)Nc2ccc(-n3cnnn3)c(C)c2)cc(Cl)c1OCC(C)C. The van der Waals surface area contributed by atoms with E-state index < -0.39 is 0 Å². The molecule has 152 valence electrons. The van der Waals surface area contributed by atoms with Crippen molar-refractivity contribution in [3.63, 3.8) is 0 Å². The van der Waals surface area contributed by atoms with Gasteiger partial charge in [-0.15, -0.1) is 5.10 Å². The van der Waals surface area contributed by atoms with E-state index in [0.717, 1.165) is 11.3 Å². The zero-order valence-corrected chi connectivity index (χ0v) is 17.4. The van der Waals surface area contributed by atoms with Crippen molar-refractivity contribution in [1.29, 1.82) is 0 Å². The van der Waals surface area contributed by atoms with E-state index in [1.807, 2.05) is 32.9 Å². The number of hydrogen-bond donors (Lipinski definition) is 1. The van der Waals surface area contributed by atoms with E-state index >= 15 is 0 Å². The summed E-state index contributed by atoms with van der Waals surface area (Å²) in [5.41, 5.74) is 2.73. The van der Waals surface area contributed by atoms with Gasteiger partial charge in [-0.2, -0.15) is 0 Å². The number of hydrogen-bond acceptors (Lipinski definition) is 6. The quantitative estimate of drug-likeness (QED) is 0.628. The number of benzene rings is 2. The summed E-state index contributed by atoms with van der Waals surface area (Å²) < 4.78 is 12.7. The van der Waals surface area contributed by atoms with Gasteiger partial charge >= 0.3 is 0 Å². The second-order valence-corrected chi connectivity index (χ2v) is 7.31. The van der Waals surface area contributed by atoms with E-state index in [4.69, 9.17) is 21.1 Å². The fourth-order valence-corrected chi connectivity index (χ4v) is 2.97. The lowest BCUT2D eigenvalue weighted by Crippen LogP contribution is -2.13. The van der Waals surface area contributed by atoms with Gasteiger partial charge in [-0.1, -0.05) is 25.4 Å². The number of halogens is 1. The second kappa shape index (κ2) is 8.91. The van der Waals surface area contributed by atoms with Crippen molar-refractivity contribution in [3.05, 3.63) is 52.8 Å². The Morgan fingerprint density at radius 2 is 2.07 bits per heavy atom. The van der Waals surface area contributed by atoms with E-state index in [2.05, 4.69) is 20.8 Å². The molecule has 0 atom stereocenters. The van der Waals surface area contributed by atoms with E-state index in [1.165, 1.54) is 13.4 Å². The summed E-state index contributed by atoms with van der Waals surface area (Å²) in [7, 11) is 1.51. The zero-order valence-electron chi connectivity index (χ0n) is 16.6. The van der Waals surface area contributed by atoms with Crippen molar-refractivity contribution < 1.29 is 14.3 Å². The largest absolute Gasteiger partial charge is 0.493 e. The lowest BCUT2D eigenvalue weighted by atomic mass is 10.1. The average molecular weight is 416 g/mol. The fourth-order valence-electron chi connectivity index (χ4n) is 2.71. The van der Waals surface area contributed by atoms with Crippen LogP contribution < -0.4 is 14.8 Å². The van der Waals surface area contributed by atoms with Crippen molar-refractivity contribution in [2.75, 3.05) is 19.0 Å². The predicted molar refractivity (Wildman–Crippen MR) is 110 cm³/mol. The highest BCUT2D eigenvalue weighted by molar-refractivity contribution is 6.32. The first-order valence-electron chi connectivity index (χ1n) is 9.04. The molecule has 9 heteroatoms. The molecular formula is C20H22ClN5O3. The third kappa shape index (κ3) is 4.83. The van der Waals surface area contributed by atoms with E-state index in [-0.39, 0.29) is 5.91 Å². The highest BCUT2D eigenvalue weighted by atomic mass is 35.5. The normalized spacial score (nSPS) is 10.8. The molecule has 0 radical (unpaired) electrons. The van der Waals surface area contributed by atoms with Crippen LogP contribution in [0.15, 0.2) is 36.7 Å². The minimum absolute atomic E-state index is 0.310. The molecule has 0 aliphatic heterocycles. The lowest BCUT2D eigenvalue weighted by Gasteiger charge is -2.15. The highest BCUT2D eigenvalue weighted by Gasteiger charge is 2.17. The topological polar surface area (TPSA) is 91.2 Å². The van der Waals surface area contributed by atoms with E-state index in [9.17, 15) is 4.79 Å². The fraction of sp³-hybridized carbons (Fsp3) is 0.300. The number of tetrazole rings is 1. The maximum atomic E-state index is 12.7. The number of anilines is 1. The molecule has 0 saturated heterocycles. The van der Waals surface area contributed by atoms with Gasteiger partial charge in [0.2, 0.25) is 0 Å². The minimum atomic E-state index is -0.310. The van der Waals surface area contributed by atoms with Gasteiger partial charge in [0.1, 0.15) is 6.33 Å². The Hall–Kier alpha value is -3.13. The summed E-state index contributed by atoms with van der Waals surface area (Å²) in [4.78, 5) is 12.7. The Kier molecular flexibility index (Phi) is 6.33. The van der Waals surface area contributed by atoms with Gasteiger partial charge in [0, 0.05) is 11.3 Å². The number of rotatable bonds is 7. The molecule has 0 saturated carbocycles. The van der Waals surface area contributed by atoms with Crippen molar-refractivity contribution in [1.82, 2.24) is 20.2 Å². The predicted octanol–water partition coefficient (Wildman–Crippen LogP) is 3.92. The third-order valence-corrected chi connectivity index (χ3v) is 4.38. The van der Waals surface area contributed by atoms with Gasteiger partial charge in [0.05, 0.1) is 24.4 Å². The molecule has 0 spiro atoms. The molecule has 3 aromatic rings. The molecule has 2 aromatic carbocycles. The van der Waals surface area contributed by atoms with Crippen LogP contribution >= 0.6 is 11.6 Å². The number of ether oxygens (including phenoxy) is 2. The van der Waals surface area contributed by atoms with Crippen LogP contribution in [0.5, 0.6) is 11.5 Å². The average Bonchev–Trinajstić information content (AvgIpc) is 3.20. The number of nitrogens with zero attached hydrogens (tertiary/aromatic N) is 4. The third-order valence-electron chi connectivity index (χ3n) is 4.10. The van der Waals surface area contributed by atoms with Crippen LogP contribution in [0.4, 0.5) is 5.69 Å². The molecule has 1 N–H and O–H groups in total. The molecule has 1 aromatic heterocycles. The lowest BCUT2D eigenvalue weighted by molar-refractivity contribution is 0.102. The monoisotopic (exact) mass is 415 g/mol. The standard InChI is InChI=1S/C20H22ClN5O3/c1-12(2)10-29-19-16(21)8-14(9-18(19)28-4)20(27)23-15-5-6-17(13(3)7-15)26-11-22-24-25-26/h5-9,11-12H,10H2,1-4H3,(H,23,27). The number of carbonyl (C=O) groups excluding carboxylic acids is 1. The van der Waals surface area contributed by atoms with Crippen LogP contribution in [0.3, 0.4) is 0 Å². The van der Waals surface area contributed by atoms with Crippen LogP contribution in [0, 0.1) is 12.8 Å². The Bertz CT molecular complexity index is 1010. The molecular weight excluding hydrogens is 394 g/mol. The molecule has 0 aliphatic carbocycles. The molecule has 3 rings (SSSR count). The number of methoxy groups -OCH3 is 1. The highest BCUT2D eigenvalue weighted by Crippen LogP contribution is 2.37. The Balaban J connectivity index is 1.80. The summed E-state index contributed by atoms with van der Waals surface area (Å²) >= 11 is 6.34. The first-order valence-corrected chi connectivity index (χ1v) is 9.42. The molecule has 8 nitrogen and oxygen atoms in total. The summed E-state index contributed by atoms with van der Waals surface area (Å²) in [6.45, 7) is 6.48. The first kappa shape index (κ1) is 20.6. The minimum Gasteiger partial charge on any atom is -0.493 e. The number of aromatic nitrogens is 4. The van der Waals surface area contributed by atoms with Crippen LogP contribution in [0.25, 0.3) is 5.69 Å². The number of amides is 1. The van der Waals surface area contributed by atoms with E-state index in [0.29, 0.717) is 40.3 Å². The Labute approximate surface area is 173 Å². The molecule has 0 unspecified atom stereocenters. The molecule has 29 heavy (non-hydrogen) atoms. The summed E-state index contributed by atoms with van der Waals surface area (Å²) in [5.74, 6) is 0.864. The molecule has 0 aliphatic rings. The number of nitrogens with one attached hydrogen (secondary N) is 1. The van der Waals surface area contributed by atoms with Crippen LogP contribution in [0.2, 0.25) is 5.02 Å². The Morgan fingerprint density at radius 1 is 1.28 bits per heavy atom. The van der Waals surface area contributed by atoms with Crippen LogP contribution in [0.1, 0.15) is 29.8 Å². The summed E-state index contributed by atoms with van der Waals surface area (Å²) in [6.07, 6.45) is 1.51. The number of aryl methyl sites for hydroxylation is 1. The first-order chi connectivity index (χ1) is 13.9. The summed E-state index contributed by atoms with van der Waals surface area (Å²) in [5, 5.41) is 14.3. The smallest absolute Gasteiger partial charge is 0.255 e. The van der Waals surface area contributed by atoms with Gasteiger partial charge in [0.25, 0.3) is 5.91 Å². The van der Waals surface area contributed by atoms with Crippen LogP contribution in [-0.4, -0.2) is 39.8 Å². The molecule has 0 fully saturated rings. The van der Waals surface area contributed by atoms with Gasteiger partial charge < -0.3 is 14.8 Å². The maximum absolute atomic E-state index is 12.7. The molecule has 1 amide bonds. The zero-order chi connectivity index (χ0) is 21.0. The molecule has 1 heterocycles. The van der Waals surface area contributed by atoms with Crippen molar-refractivity contribution in [2.45, 2.75) is 20.8 Å². The van der Waals surface area contributed by atoms with Crippen molar-refractivity contribution >= 4 is 23.2 Å². The van der Waals surface area contributed by atoms with Gasteiger partial charge in [-0.05, 0) is 59.2 Å². The van der Waals surface area contributed by atoms with Crippen molar-refractivity contribution in [3.8, 4) is 17.2 Å². The van der Waals surface area contributed by atoms with Gasteiger partial charge in [-0.25, -0.2) is 4.68 Å². The summed E-state index contributed by atoms with van der Waals surface area (Å²) in [6, 6.07) is 8.63. The van der Waals surface area contributed by atoms with E-state index in [1.54, 1.807) is 22.9 Å². The maximum Gasteiger partial charge on any atom is 0.255 e. The molecule has 0 bridgehead atoms. The second-order valence-electron chi connectivity index (χ2n) is 6.90. The van der Waals surface area contributed by atoms with Crippen LogP contribution in [-0.2, 0) is 0 Å². The van der Waals surface area contributed by atoms with Gasteiger partial charge in [-0.3, -0.25) is 4.79 Å². The number of carbonyl (C=O) groups is 1. The van der Waals surface area contributed by atoms with Gasteiger partial charge in [0.15, 0.2) is 11.5 Å².